The normalized spacial score (nSPS) is 27.1. The summed E-state index contributed by atoms with van der Waals surface area (Å²) in [7, 11) is -5.22. The number of amides is 2. The molecule has 5 unspecified atom stereocenters. The number of aliphatic hydroxyl groups excluding tert-OH is 6. The molecule has 10 N–H and O–H groups in total. The van der Waals surface area contributed by atoms with Crippen molar-refractivity contribution in [3.8, 4) is 0 Å². The molecular weight excluding hydrogens is 567 g/mol. The van der Waals surface area contributed by atoms with Gasteiger partial charge in [0.1, 0.15) is 42.7 Å². The summed E-state index contributed by atoms with van der Waals surface area (Å²) in [6.45, 7) is 1.68. The van der Waals surface area contributed by atoms with Crippen molar-refractivity contribution in [3.05, 3.63) is 0 Å². The zero-order chi connectivity index (χ0) is 30.8. The maximum Gasteiger partial charge on any atom is 0.470 e. The largest absolute Gasteiger partial charge is 0.470 e. The van der Waals surface area contributed by atoms with E-state index in [1.807, 2.05) is 0 Å². The molecule has 0 bridgehead atoms. The molecule has 1 saturated heterocycles. The fourth-order valence-electron chi connectivity index (χ4n) is 3.71. The average molecular weight is 607 g/mol. The Morgan fingerprint density at radius 1 is 1.02 bits per heavy atom. The van der Waals surface area contributed by atoms with Gasteiger partial charge in [-0.25, -0.2) is 4.57 Å². The number of carbonyl (C=O) groups excluding carboxylic acids is 3. The number of hydrogen-bond donors (Lipinski definition) is 10. The number of aliphatic hydroxyl groups is 6. The molecular formula is C21H39N2O16P. The van der Waals surface area contributed by atoms with Gasteiger partial charge in [-0.15, -0.1) is 0 Å². The second kappa shape index (κ2) is 16.6. The molecule has 1 fully saturated rings. The monoisotopic (exact) mass is 606 g/mol. The highest BCUT2D eigenvalue weighted by Gasteiger charge is 2.49. The van der Waals surface area contributed by atoms with Crippen molar-refractivity contribution < 1.29 is 78.1 Å². The Kier molecular flexibility index (Phi) is 15.0. The third-order valence-electron chi connectivity index (χ3n) is 5.49. The fourth-order valence-corrected chi connectivity index (χ4v) is 4.29. The molecule has 0 radical (unpaired) electrons. The summed E-state index contributed by atoms with van der Waals surface area (Å²) in [5.74, 6) is -2.11. The second-order valence-corrected chi connectivity index (χ2v) is 10.5. The first-order valence-corrected chi connectivity index (χ1v) is 13.7. The lowest BCUT2D eigenvalue weighted by Crippen LogP contribution is -2.65. The van der Waals surface area contributed by atoms with Gasteiger partial charge in [0.05, 0.1) is 38.3 Å². The second-order valence-electron chi connectivity index (χ2n) is 9.31. The van der Waals surface area contributed by atoms with Gasteiger partial charge in [0.2, 0.25) is 11.8 Å². The summed E-state index contributed by atoms with van der Waals surface area (Å²) in [6, 6.07) is -1.62. The topological polar surface area (TPSA) is 291 Å². The molecule has 0 aromatic rings. The number of phosphoric acid groups is 1. The van der Waals surface area contributed by atoms with Gasteiger partial charge >= 0.3 is 13.8 Å². The van der Waals surface area contributed by atoms with Crippen LogP contribution in [0.5, 0.6) is 0 Å². The van der Waals surface area contributed by atoms with Crippen molar-refractivity contribution in [1.82, 2.24) is 10.6 Å². The minimum absolute atomic E-state index is 0.263. The van der Waals surface area contributed by atoms with Gasteiger partial charge in [-0.2, -0.15) is 0 Å². The van der Waals surface area contributed by atoms with Crippen molar-refractivity contribution in [1.29, 1.82) is 0 Å². The van der Waals surface area contributed by atoms with Crippen LogP contribution in [0.3, 0.4) is 0 Å². The van der Waals surface area contributed by atoms with Crippen LogP contribution < -0.4 is 10.6 Å². The Balaban J connectivity index is 2.96. The number of phosphoric ester groups is 1. The SMILES string of the molecule is CC(=O)O[C@H](C)CC(=O)N[C@@H]1C(OCC(O)C(O)[C@H](O)CNC(=O)C[C@@H](C)O)OC(CO)C(OP(=O)(O)O)[C@H]1O. The van der Waals surface area contributed by atoms with Crippen molar-refractivity contribution >= 4 is 25.6 Å². The lowest BCUT2D eigenvalue weighted by atomic mass is 9.96. The fraction of sp³-hybridized carbons (Fsp3) is 0.857. The predicted molar refractivity (Wildman–Crippen MR) is 130 cm³/mol. The molecule has 1 heterocycles. The van der Waals surface area contributed by atoms with Crippen LogP contribution in [-0.2, 0) is 37.7 Å². The lowest BCUT2D eigenvalue weighted by Gasteiger charge is -2.44. The molecule has 0 aromatic heterocycles. The van der Waals surface area contributed by atoms with E-state index in [0.717, 1.165) is 6.92 Å². The van der Waals surface area contributed by atoms with Crippen molar-refractivity contribution in [3.63, 3.8) is 0 Å². The van der Waals surface area contributed by atoms with Crippen molar-refractivity contribution in [2.45, 2.75) is 94.8 Å². The van der Waals surface area contributed by atoms with Crippen LogP contribution >= 0.6 is 7.82 Å². The van der Waals surface area contributed by atoms with E-state index < -0.39 is 113 Å². The van der Waals surface area contributed by atoms with Crippen LogP contribution in [0.1, 0.15) is 33.6 Å². The molecule has 1 rings (SSSR count). The number of hydrogen-bond acceptors (Lipinski definition) is 14. The molecule has 2 amide bonds. The third kappa shape index (κ3) is 12.8. The van der Waals surface area contributed by atoms with E-state index in [4.69, 9.17) is 14.2 Å². The molecule has 40 heavy (non-hydrogen) atoms. The van der Waals surface area contributed by atoms with E-state index in [-0.39, 0.29) is 6.42 Å². The minimum Gasteiger partial charge on any atom is -0.462 e. The average Bonchev–Trinajstić information content (AvgIpc) is 2.81. The standard InChI is InChI=1S/C21H39N2O16P/c1-9(25)4-15(29)22-6-12(27)18(31)13(28)8-36-21-17(23-16(30)5-10(2)37-11(3)26)19(32)20(14(7-24)38-21)39-40(33,34)35/h9-10,12-14,17-21,24-25,27-28,31-32H,4-8H2,1-3H3,(H,22,29)(H,23,30)(H2,33,34,35)/t9-,10-,12-,13?,14?,17+,18?,19+,20?,21?/m1/s1. The highest BCUT2D eigenvalue weighted by molar-refractivity contribution is 7.46. The van der Waals surface area contributed by atoms with E-state index in [0.29, 0.717) is 0 Å². The molecule has 18 nitrogen and oxygen atoms in total. The lowest BCUT2D eigenvalue weighted by molar-refractivity contribution is -0.274. The van der Waals surface area contributed by atoms with Crippen LogP contribution in [0.4, 0.5) is 0 Å². The minimum atomic E-state index is -5.22. The van der Waals surface area contributed by atoms with E-state index in [9.17, 15) is 59.4 Å². The van der Waals surface area contributed by atoms with E-state index in [1.54, 1.807) is 0 Å². The Bertz CT molecular complexity index is 872. The number of esters is 1. The Morgan fingerprint density at radius 2 is 1.65 bits per heavy atom. The van der Waals surface area contributed by atoms with Crippen molar-refractivity contribution in [2.24, 2.45) is 0 Å². The van der Waals surface area contributed by atoms with Gasteiger partial charge in [0, 0.05) is 13.5 Å². The first-order valence-electron chi connectivity index (χ1n) is 12.2. The van der Waals surface area contributed by atoms with Gasteiger partial charge < -0.3 is 65.3 Å². The molecule has 234 valence electrons. The van der Waals surface area contributed by atoms with Crippen molar-refractivity contribution in [2.75, 3.05) is 19.8 Å². The number of nitrogens with one attached hydrogen (secondary N) is 2. The summed E-state index contributed by atoms with van der Waals surface area (Å²) in [6.07, 6.45) is -15.0. The number of carbonyl (C=O) groups is 3. The van der Waals surface area contributed by atoms with Crippen LogP contribution in [-0.4, -0.2) is 139 Å². The zero-order valence-electron chi connectivity index (χ0n) is 22.1. The molecule has 0 aliphatic carbocycles. The molecule has 1 aliphatic heterocycles. The number of rotatable bonds is 16. The summed E-state index contributed by atoms with van der Waals surface area (Å²) in [4.78, 5) is 53.6. The van der Waals surface area contributed by atoms with E-state index in [2.05, 4.69) is 15.2 Å². The maximum absolute atomic E-state index is 12.5. The quantitative estimate of drug-likeness (QED) is 0.0583. The zero-order valence-corrected chi connectivity index (χ0v) is 23.0. The van der Waals surface area contributed by atoms with E-state index in [1.165, 1.54) is 13.8 Å². The van der Waals surface area contributed by atoms with Crippen LogP contribution in [0.15, 0.2) is 0 Å². The highest BCUT2D eigenvalue weighted by atomic mass is 31.2. The summed E-state index contributed by atoms with van der Waals surface area (Å²) >= 11 is 0. The van der Waals surface area contributed by atoms with Gasteiger partial charge in [0.25, 0.3) is 0 Å². The summed E-state index contributed by atoms with van der Waals surface area (Å²) in [5.41, 5.74) is 0. The van der Waals surface area contributed by atoms with Crippen LogP contribution in [0, 0.1) is 0 Å². The first-order chi connectivity index (χ1) is 18.4. The highest BCUT2D eigenvalue weighted by Crippen LogP contribution is 2.41. The molecule has 0 saturated carbocycles. The smallest absolute Gasteiger partial charge is 0.462 e. The molecule has 0 aromatic carbocycles. The van der Waals surface area contributed by atoms with Gasteiger partial charge in [0.15, 0.2) is 6.29 Å². The van der Waals surface area contributed by atoms with E-state index >= 15 is 0 Å². The maximum atomic E-state index is 12.5. The Labute approximate surface area is 229 Å². The molecule has 19 heteroatoms. The Hall–Kier alpha value is -1.80. The Morgan fingerprint density at radius 3 is 2.17 bits per heavy atom. The molecule has 0 spiro atoms. The molecule has 10 atom stereocenters. The van der Waals surface area contributed by atoms with Gasteiger partial charge in [-0.05, 0) is 13.8 Å². The predicted octanol–water partition coefficient (Wildman–Crippen LogP) is -4.64. The van der Waals surface area contributed by atoms with Gasteiger partial charge in [-0.3, -0.25) is 18.9 Å². The van der Waals surface area contributed by atoms with Crippen LogP contribution in [0.2, 0.25) is 0 Å². The summed E-state index contributed by atoms with van der Waals surface area (Å²) < 4.78 is 31.6. The summed E-state index contributed by atoms with van der Waals surface area (Å²) in [5, 5.41) is 64.7. The first kappa shape index (κ1) is 36.2. The molecule has 1 aliphatic rings. The number of ether oxygens (including phenoxy) is 3. The van der Waals surface area contributed by atoms with Gasteiger partial charge in [-0.1, -0.05) is 0 Å². The third-order valence-corrected chi connectivity index (χ3v) is 6.01. The van der Waals surface area contributed by atoms with Crippen LogP contribution in [0.25, 0.3) is 0 Å².